The van der Waals surface area contributed by atoms with E-state index in [1.807, 2.05) is 50.5 Å². The second kappa shape index (κ2) is 11.3. The topological polar surface area (TPSA) is 95.2 Å². The lowest BCUT2D eigenvalue weighted by molar-refractivity contribution is 0.356. The monoisotopic (exact) mass is 515 g/mol. The van der Waals surface area contributed by atoms with E-state index in [1.54, 1.807) is 12.3 Å². The van der Waals surface area contributed by atoms with E-state index in [-0.39, 0.29) is 0 Å². The average molecular weight is 516 g/mol. The van der Waals surface area contributed by atoms with Crippen LogP contribution in [0.1, 0.15) is 48.7 Å². The molecule has 5 rings (SSSR count). The number of aromatic nitrogens is 6. The summed E-state index contributed by atoms with van der Waals surface area (Å²) in [4.78, 5) is 17.3. The summed E-state index contributed by atoms with van der Waals surface area (Å²) in [6.45, 7) is 16.1. The molecule has 1 fully saturated rings. The molecule has 0 saturated heterocycles. The Morgan fingerprint density at radius 3 is 2.69 bits per heavy atom. The summed E-state index contributed by atoms with van der Waals surface area (Å²) in [5, 5.41) is 11.9. The Labute approximate surface area is 228 Å². The molecular formula is C32H33N7. The Kier molecular flexibility index (Phi) is 7.50. The predicted molar refractivity (Wildman–Crippen MR) is 159 cm³/mol. The summed E-state index contributed by atoms with van der Waals surface area (Å²) in [7, 11) is 0. The minimum absolute atomic E-state index is 0.538. The maximum absolute atomic E-state index is 4.96. The van der Waals surface area contributed by atoms with Crippen LogP contribution in [-0.4, -0.2) is 30.1 Å². The van der Waals surface area contributed by atoms with Gasteiger partial charge in [0, 0.05) is 52.4 Å². The molecule has 4 aromatic heterocycles. The second-order valence-electron chi connectivity index (χ2n) is 9.64. The highest BCUT2D eigenvalue weighted by Crippen LogP contribution is 2.33. The lowest BCUT2D eigenvalue weighted by Gasteiger charge is -2.28. The van der Waals surface area contributed by atoms with E-state index in [0.29, 0.717) is 17.4 Å². The van der Waals surface area contributed by atoms with E-state index in [0.717, 1.165) is 56.1 Å². The van der Waals surface area contributed by atoms with Crippen molar-refractivity contribution in [3.63, 3.8) is 0 Å². The first-order chi connectivity index (χ1) is 19.0. The highest BCUT2D eigenvalue weighted by atomic mass is 15.2. The summed E-state index contributed by atoms with van der Waals surface area (Å²) in [6.07, 6.45) is 18.8. The van der Waals surface area contributed by atoms with Gasteiger partial charge in [-0.25, -0.2) is 9.97 Å². The molecule has 0 atom stereocenters. The Bertz CT molecular complexity index is 1630. The largest absolute Gasteiger partial charge is 0.359 e. The quantitative estimate of drug-likeness (QED) is 0.197. The maximum Gasteiger partial charge on any atom is 0.181 e. The van der Waals surface area contributed by atoms with Crippen LogP contribution in [0.2, 0.25) is 0 Å². The molecule has 39 heavy (non-hydrogen) atoms. The van der Waals surface area contributed by atoms with Crippen LogP contribution in [0.4, 0.5) is 0 Å². The van der Waals surface area contributed by atoms with Crippen LogP contribution in [0, 0.1) is 12.8 Å². The summed E-state index contributed by atoms with van der Waals surface area (Å²) < 4.78 is 0. The van der Waals surface area contributed by atoms with Gasteiger partial charge in [-0.3, -0.25) is 10.1 Å². The van der Waals surface area contributed by atoms with Gasteiger partial charge in [0.25, 0.3) is 0 Å². The van der Waals surface area contributed by atoms with Crippen LogP contribution >= 0.6 is 0 Å². The zero-order chi connectivity index (χ0) is 27.4. The van der Waals surface area contributed by atoms with Gasteiger partial charge in [-0.15, -0.1) is 0 Å². The Hall–Kier alpha value is -4.78. The number of nitrogens with zero attached hydrogens (tertiary/aromatic N) is 4. The number of aryl methyl sites for hydroxylation is 1. The van der Waals surface area contributed by atoms with Gasteiger partial charge >= 0.3 is 0 Å². The number of nitrogens with one attached hydrogen (secondary N) is 3. The van der Waals surface area contributed by atoms with Crippen molar-refractivity contribution in [3.8, 4) is 11.5 Å². The fraction of sp³-hybridized carbons (Fsp3) is 0.188. The van der Waals surface area contributed by atoms with Gasteiger partial charge in [0.1, 0.15) is 5.69 Å². The Balaban J connectivity index is 1.50. The van der Waals surface area contributed by atoms with E-state index >= 15 is 0 Å². The average Bonchev–Trinajstić information content (AvgIpc) is 3.51. The summed E-state index contributed by atoms with van der Waals surface area (Å²) in [5.41, 5.74) is 9.01. The number of hydrogen-bond acceptors (Lipinski definition) is 5. The molecule has 4 aromatic rings. The van der Waals surface area contributed by atoms with Crippen LogP contribution in [-0.2, 0) is 0 Å². The van der Waals surface area contributed by atoms with Crippen molar-refractivity contribution in [2.75, 3.05) is 0 Å². The van der Waals surface area contributed by atoms with Crippen molar-refractivity contribution in [1.82, 2.24) is 35.5 Å². The molecule has 1 aliphatic carbocycles. The SMILES string of the molecule is C=C/C=C(/c1cccnc1)c1nc(-c2[nH]nc3ncc(C(/C=C(\C=C)NC(=C)C4CCC4)=C/C)cc23)[nH]c1C. The molecule has 3 N–H and O–H groups in total. The molecule has 0 amide bonds. The number of hydrogen-bond donors (Lipinski definition) is 3. The van der Waals surface area contributed by atoms with Crippen LogP contribution in [0.25, 0.3) is 33.7 Å². The zero-order valence-electron chi connectivity index (χ0n) is 22.5. The third-order valence-corrected chi connectivity index (χ3v) is 7.12. The number of allylic oxidation sites excluding steroid dienone is 7. The molecule has 7 nitrogen and oxygen atoms in total. The molecule has 0 aromatic carbocycles. The maximum atomic E-state index is 4.96. The van der Waals surface area contributed by atoms with Gasteiger partial charge < -0.3 is 10.3 Å². The molecule has 0 aliphatic heterocycles. The van der Waals surface area contributed by atoms with E-state index in [2.05, 4.69) is 68.4 Å². The van der Waals surface area contributed by atoms with Crippen LogP contribution < -0.4 is 5.32 Å². The number of H-pyrrole nitrogens is 2. The van der Waals surface area contributed by atoms with Crippen LogP contribution in [0.15, 0.2) is 98.3 Å². The van der Waals surface area contributed by atoms with Gasteiger partial charge in [-0.05, 0) is 62.5 Å². The van der Waals surface area contributed by atoms with Crippen molar-refractivity contribution in [1.29, 1.82) is 0 Å². The van der Waals surface area contributed by atoms with Crippen molar-refractivity contribution < 1.29 is 0 Å². The first kappa shape index (κ1) is 25.9. The Morgan fingerprint density at radius 2 is 2.03 bits per heavy atom. The highest BCUT2D eigenvalue weighted by molar-refractivity contribution is 5.92. The second-order valence-corrected chi connectivity index (χ2v) is 9.64. The smallest absolute Gasteiger partial charge is 0.181 e. The fourth-order valence-corrected chi connectivity index (χ4v) is 4.72. The van der Waals surface area contributed by atoms with E-state index in [1.165, 1.54) is 19.3 Å². The summed E-state index contributed by atoms with van der Waals surface area (Å²) >= 11 is 0. The number of rotatable bonds is 10. The molecule has 1 saturated carbocycles. The highest BCUT2D eigenvalue weighted by Gasteiger charge is 2.21. The third kappa shape index (κ3) is 5.29. The van der Waals surface area contributed by atoms with Crippen LogP contribution in [0.3, 0.4) is 0 Å². The first-order valence-electron chi connectivity index (χ1n) is 13.1. The summed E-state index contributed by atoms with van der Waals surface area (Å²) in [6, 6.07) is 6.01. The number of pyridine rings is 2. The standard InChI is InChI=1S/C32H33N7/c1-6-11-27(24-14-10-15-33-18-24)29-21(5)36-32(37-29)30-28-17-25(19-34-31(28)39-38-30)22(7-2)16-26(8-3)35-20(4)23-12-9-13-23/h6-8,10-11,14-19,23,35H,1,3-4,9,12-13H2,2,5H3,(H,36,37)(H,34,38,39)/b22-7+,26-16+,27-11-. The number of imidazole rings is 1. The first-order valence-corrected chi connectivity index (χ1v) is 13.1. The minimum atomic E-state index is 0.538. The Morgan fingerprint density at radius 1 is 1.18 bits per heavy atom. The van der Waals surface area contributed by atoms with E-state index < -0.39 is 0 Å². The lowest BCUT2D eigenvalue weighted by atomic mass is 9.83. The molecule has 1 aliphatic rings. The summed E-state index contributed by atoms with van der Waals surface area (Å²) in [5.74, 6) is 1.22. The van der Waals surface area contributed by atoms with Crippen molar-refractivity contribution in [2.24, 2.45) is 5.92 Å². The zero-order valence-corrected chi connectivity index (χ0v) is 22.5. The van der Waals surface area contributed by atoms with Crippen molar-refractivity contribution in [2.45, 2.75) is 33.1 Å². The molecule has 0 radical (unpaired) electrons. The van der Waals surface area contributed by atoms with E-state index in [9.17, 15) is 0 Å². The van der Waals surface area contributed by atoms with Gasteiger partial charge in [0.15, 0.2) is 11.5 Å². The van der Waals surface area contributed by atoms with Crippen molar-refractivity contribution >= 4 is 22.2 Å². The molecule has 7 heteroatoms. The minimum Gasteiger partial charge on any atom is -0.359 e. The molecule has 0 spiro atoms. The lowest BCUT2D eigenvalue weighted by Crippen LogP contribution is -2.23. The number of fused-ring (bicyclic) bond motifs is 1. The molecule has 0 bridgehead atoms. The fourth-order valence-electron chi connectivity index (χ4n) is 4.72. The van der Waals surface area contributed by atoms with Crippen LogP contribution in [0.5, 0.6) is 0 Å². The number of aromatic amines is 2. The van der Waals surface area contributed by atoms with E-state index in [4.69, 9.17) is 4.98 Å². The van der Waals surface area contributed by atoms with Gasteiger partial charge in [-0.2, -0.15) is 5.10 Å². The molecule has 4 heterocycles. The van der Waals surface area contributed by atoms with Gasteiger partial charge in [-0.1, -0.05) is 50.5 Å². The normalized spacial score (nSPS) is 14.8. The third-order valence-electron chi connectivity index (χ3n) is 7.12. The van der Waals surface area contributed by atoms with Gasteiger partial charge in [0.2, 0.25) is 0 Å². The molecule has 196 valence electrons. The van der Waals surface area contributed by atoms with Gasteiger partial charge in [0.05, 0.1) is 11.1 Å². The van der Waals surface area contributed by atoms with Crippen molar-refractivity contribution in [3.05, 3.63) is 121 Å². The molecular weight excluding hydrogens is 482 g/mol. The predicted octanol–water partition coefficient (Wildman–Crippen LogP) is 7.05. The molecule has 0 unspecified atom stereocenters.